The van der Waals surface area contributed by atoms with Crippen molar-refractivity contribution in [2.75, 3.05) is 0 Å². The second-order valence-electron chi connectivity index (χ2n) is 6.62. The normalized spacial score (nSPS) is 17.3. The first-order valence-electron chi connectivity index (χ1n) is 6.97. The first kappa shape index (κ1) is 16.4. The van der Waals surface area contributed by atoms with E-state index < -0.39 is 21.5 Å². The van der Waals surface area contributed by atoms with Crippen LogP contribution < -0.4 is 0 Å². The Hall–Kier alpha value is -1.01. The number of benzene rings is 1. The second-order valence-corrected chi connectivity index (χ2v) is 8.43. The fraction of sp³-hybridized carbons (Fsp3) is 0.600. The SMILES string of the molecule is CC(F)(F)c1cccc(S(=O)(=O)N(C2CC2)C(C)(C)C)c1. The molecule has 0 saturated heterocycles. The highest BCUT2D eigenvalue weighted by atomic mass is 32.2. The molecule has 0 atom stereocenters. The number of halogens is 2. The lowest BCUT2D eigenvalue weighted by atomic mass is 10.1. The maximum Gasteiger partial charge on any atom is 0.270 e. The summed E-state index contributed by atoms with van der Waals surface area (Å²) in [5, 5.41) is 0. The van der Waals surface area contributed by atoms with Crippen LogP contribution in [0.25, 0.3) is 0 Å². The summed E-state index contributed by atoms with van der Waals surface area (Å²) in [6, 6.07) is 5.05. The summed E-state index contributed by atoms with van der Waals surface area (Å²) in [5.74, 6) is -3.06. The molecule has 1 aromatic rings. The molecular formula is C15H21F2NO2S. The largest absolute Gasteiger partial charge is 0.270 e. The van der Waals surface area contributed by atoms with Crippen LogP contribution in [0, 0.1) is 0 Å². The molecule has 21 heavy (non-hydrogen) atoms. The van der Waals surface area contributed by atoms with Gasteiger partial charge in [-0.05, 0) is 45.7 Å². The van der Waals surface area contributed by atoms with E-state index in [0.29, 0.717) is 0 Å². The standard InChI is InChI=1S/C15H21F2NO2S/c1-14(2,3)18(12-8-9-12)21(19,20)13-7-5-6-11(10-13)15(4,16)17/h5-7,10,12H,8-9H2,1-4H3. The van der Waals surface area contributed by atoms with Crippen molar-refractivity contribution in [3.63, 3.8) is 0 Å². The average Bonchev–Trinajstić information content (AvgIpc) is 3.10. The van der Waals surface area contributed by atoms with Gasteiger partial charge in [0, 0.05) is 24.1 Å². The van der Waals surface area contributed by atoms with Gasteiger partial charge >= 0.3 is 0 Å². The Balaban J connectivity index is 2.48. The quantitative estimate of drug-likeness (QED) is 0.848. The summed E-state index contributed by atoms with van der Waals surface area (Å²) in [6.45, 7) is 6.23. The van der Waals surface area contributed by atoms with Crippen molar-refractivity contribution in [3.8, 4) is 0 Å². The molecule has 0 bridgehead atoms. The molecule has 118 valence electrons. The molecule has 0 radical (unpaired) electrons. The van der Waals surface area contributed by atoms with Gasteiger partial charge in [0.05, 0.1) is 4.90 Å². The Morgan fingerprint density at radius 1 is 1.14 bits per heavy atom. The minimum Gasteiger partial charge on any atom is -0.207 e. The van der Waals surface area contributed by atoms with Crippen molar-refractivity contribution in [2.24, 2.45) is 0 Å². The van der Waals surface area contributed by atoms with Crippen LogP contribution in [0.1, 0.15) is 46.1 Å². The summed E-state index contributed by atoms with van der Waals surface area (Å²) < 4.78 is 53.9. The molecule has 0 amide bonds. The Morgan fingerprint density at radius 2 is 1.71 bits per heavy atom. The van der Waals surface area contributed by atoms with Gasteiger partial charge in [-0.15, -0.1) is 0 Å². The first-order chi connectivity index (χ1) is 9.44. The molecule has 3 nitrogen and oxygen atoms in total. The zero-order valence-corrected chi connectivity index (χ0v) is 13.5. The van der Waals surface area contributed by atoms with Crippen LogP contribution in [0.4, 0.5) is 8.78 Å². The lowest BCUT2D eigenvalue weighted by molar-refractivity contribution is 0.0172. The summed E-state index contributed by atoms with van der Waals surface area (Å²) >= 11 is 0. The molecule has 1 fully saturated rings. The van der Waals surface area contributed by atoms with Gasteiger partial charge in [-0.1, -0.05) is 12.1 Å². The van der Waals surface area contributed by atoms with E-state index in [4.69, 9.17) is 0 Å². The van der Waals surface area contributed by atoms with Crippen molar-refractivity contribution in [1.29, 1.82) is 0 Å². The highest BCUT2D eigenvalue weighted by Crippen LogP contribution is 2.38. The van der Waals surface area contributed by atoms with E-state index >= 15 is 0 Å². The Morgan fingerprint density at radius 3 is 2.14 bits per heavy atom. The van der Waals surface area contributed by atoms with Gasteiger partial charge in [-0.2, -0.15) is 4.31 Å². The third kappa shape index (κ3) is 3.43. The molecular weight excluding hydrogens is 296 g/mol. The lowest BCUT2D eigenvalue weighted by Gasteiger charge is -2.34. The van der Waals surface area contributed by atoms with Crippen LogP contribution >= 0.6 is 0 Å². The molecule has 2 rings (SSSR count). The van der Waals surface area contributed by atoms with Crippen molar-refractivity contribution >= 4 is 10.0 Å². The van der Waals surface area contributed by atoms with Gasteiger partial charge in [0.25, 0.3) is 5.92 Å². The number of alkyl halides is 2. The van der Waals surface area contributed by atoms with Gasteiger partial charge in [-0.3, -0.25) is 0 Å². The van der Waals surface area contributed by atoms with E-state index in [2.05, 4.69) is 0 Å². The molecule has 1 saturated carbocycles. The molecule has 0 N–H and O–H groups in total. The number of hydrogen-bond acceptors (Lipinski definition) is 2. The zero-order valence-electron chi connectivity index (χ0n) is 12.7. The summed E-state index contributed by atoms with van der Waals surface area (Å²) in [5.41, 5.74) is -0.863. The first-order valence-corrected chi connectivity index (χ1v) is 8.41. The highest BCUT2D eigenvalue weighted by Gasteiger charge is 2.44. The number of sulfonamides is 1. The van der Waals surface area contributed by atoms with E-state index in [0.717, 1.165) is 25.8 Å². The number of hydrogen-bond donors (Lipinski definition) is 0. The summed E-state index contributed by atoms with van der Waals surface area (Å²) in [6.07, 6.45) is 1.64. The molecule has 0 aromatic heterocycles. The molecule has 1 aromatic carbocycles. The van der Waals surface area contributed by atoms with Gasteiger partial charge < -0.3 is 0 Å². The van der Waals surface area contributed by atoms with Crippen LogP contribution in [-0.2, 0) is 15.9 Å². The van der Waals surface area contributed by atoms with E-state index in [1.807, 2.05) is 20.8 Å². The third-order valence-corrected chi connectivity index (χ3v) is 5.65. The fourth-order valence-corrected chi connectivity index (χ4v) is 4.53. The van der Waals surface area contributed by atoms with E-state index in [-0.39, 0.29) is 16.5 Å². The van der Waals surface area contributed by atoms with E-state index in [9.17, 15) is 17.2 Å². The van der Waals surface area contributed by atoms with Crippen LogP contribution in [0.5, 0.6) is 0 Å². The molecule has 0 spiro atoms. The molecule has 6 heteroatoms. The van der Waals surface area contributed by atoms with Crippen LogP contribution in [0.15, 0.2) is 29.2 Å². The number of rotatable bonds is 4. The van der Waals surface area contributed by atoms with Crippen LogP contribution in [0.2, 0.25) is 0 Å². The van der Waals surface area contributed by atoms with Crippen molar-refractivity contribution in [3.05, 3.63) is 29.8 Å². The van der Waals surface area contributed by atoms with Crippen LogP contribution in [-0.4, -0.2) is 24.3 Å². The Labute approximate surface area is 125 Å². The number of nitrogens with zero attached hydrogens (tertiary/aromatic N) is 1. The third-order valence-electron chi connectivity index (χ3n) is 3.44. The molecule has 1 aliphatic carbocycles. The van der Waals surface area contributed by atoms with E-state index in [1.54, 1.807) is 0 Å². The fourth-order valence-electron chi connectivity index (χ4n) is 2.46. The minimum atomic E-state index is -3.78. The van der Waals surface area contributed by atoms with Gasteiger partial charge in [0.15, 0.2) is 0 Å². The van der Waals surface area contributed by atoms with E-state index in [1.165, 1.54) is 22.5 Å². The maximum atomic E-state index is 13.4. The molecule has 0 heterocycles. The monoisotopic (exact) mass is 317 g/mol. The van der Waals surface area contributed by atoms with Gasteiger partial charge in [0.2, 0.25) is 10.0 Å². The predicted octanol–water partition coefficient (Wildman–Crippen LogP) is 3.75. The topological polar surface area (TPSA) is 37.4 Å². The molecule has 1 aliphatic rings. The summed E-state index contributed by atoms with van der Waals surface area (Å²) in [7, 11) is -3.78. The van der Waals surface area contributed by atoms with Gasteiger partial charge in [0.1, 0.15) is 0 Å². The minimum absolute atomic E-state index is 0.0270. The highest BCUT2D eigenvalue weighted by molar-refractivity contribution is 7.89. The zero-order chi connectivity index (χ0) is 16.1. The van der Waals surface area contributed by atoms with Crippen molar-refractivity contribution in [1.82, 2.24) is 4.31 Å². The smallest absolute Gasteiger partial charge is 0.207 e. The van der Waals surface area contributed by atoms with Crippen molar-refractivity contribution in [2.45, 2.75) is 62.9 Å². The lowest BCUT2D eigenvalue weighted by Crippen LogP contribution is -2.46. The second kappa shape index (κ2) is 5.02. The predicted molar refractivity (Wildman–Crippen MR) is 77.8 cm³/mol. The Bertz CT molecular complexity index is 626. The Kier molecular flexibility index (Phi) is 3.91. The van der Waals surface area contributed by atoms with Crippen LogP contribution in [0.3, 0.4) is 0 Å². The maximum absolute atomic E-state index is 13.4. The molecule has 0 unspecified atom stereocenters. The molecule has 0 aliphatic heterocycles. The van der Waals surface area contributed by atoms with Gasteiger partial charge in [-0.25, -0.2) is 17.2 Å². The average molecular weight is 317 g/mol. The van der Waals surface area contributed by atoms with Crippen molar-refractivity contribution < 1.29 is 17.2 Å². The summed E-state index contributed by atoms with van der Waals surface area (Å²) in [4.78, 5) is -0.0663.